The topological polar surface area (TPSA) is 107 Å². The standard InChI is InChI=1S/C12H14N2O5S/c13-20(17,18)8-7-19-6-5-14-11(15)9-3-1-2-4-10(9)12(14)16/h1-4H,5-8H2,(H2,13,17,18). The Morgan fingerprint density at radius 1 is 1.05 bits per heavy atom. The van der Waals surface area contributed by atoms with Gasteiger partial charge in [-0.3, -0.25) is 14.5 Å². The van der Waals surface area contributed by atoms with Crippen molar-refractivity contribution in [1.82, 2.24) is 4.90 Å². The summed E-state index contributed by atoms with van der Waals surface area (Å²) in [6.07, 6.45) is 0. The van der Waals surface area contributed by atoms with Crippen molar-refractivity contribution < 1.29 is 22.7 Å². The second kappa shape index (κ2) is 5.70. The summed E-state index contributed by atoms with van der Waals surface area (Å²) in [6, 6.07) is 6.57. The number of ether oxygens (including phenoxy) is 1. The molecule has 1 aromatic carbocycles. The van der Waals surface area contributed by atoms with Gasteiger partial charge >= 0.3 is 0 Å². The number of carbonyl (C=O) groups is 2. The minimum absolute atomic E-state index is 0.0675. The van der Waals surface area contributed by atoms with Crippen LogP contribution in [0.5, 0.6) is 0 Å². The number of amides is 2. The molecule has 0 spiro atoms. The summed E-state index contributed by atoms with van der Waals surface area (Å²) in [5, 5.41) is 4.82. The number of nitrogens with two attached hydrogens (primary N) is 1. The highest BCUT2D eigenvalue weighted by Crippen LogP contribution is 2.21. The predicted molar refractivity (Wildman–Crippen MR) is 70.6 cm³/mol. The van der Waals surface area contributed by atoms with Gasteiger partial charge in [0.2, 0.25) is 10.0 Å². The first-order valence-corrected chi connectivity index (χ1v) is 7.65. The largest absolute Gasteiger partial charge is 0.378 e. The zero-order valence-electron chi connectivity index (χ0n) is 10.6. The maximum absolute atomic E-state index is 12.0. The molecule has 1 aromatic rings. The van der Waals surface area contributed by atoms with Gasteiger partial charge in [-0.2, -0.15) is 0 Å². The highest BCUT2D eigenvalue weighted by atomic mass is 32.2. The zero-order chi connectivity index (χ0) is 14.8. The van der Waals surface area contributed by atoms with Crippen LogP contribution in [0.3, 0.4) is 0 Å². The molecular weight excluding hydrogens is 284 g/mol. The Labute approximate surface area is 116 Å². The second-order valence-electron chi connectivity index (χ2n) is 4.29. The van der Waals surface area contributed by atoms with Gasteiger partial charge in [-0.25, -0.2) is 13.6 Å². The third-order valence-electron chi connectivity index (χ3n) is 2.85. The number of fused-ring (bicyclic) bond motifs is 1. The number of primary sulfonamides is 1. The molecule has 0 fully saturated rings. The van der Waals surface area contributed by atoms with Crippen molar-refractivity contribution in [3.8, 4) is 0 Å². The van der Waals surface area contributed by atoms with Crippen LogP contribution in [0.2, 0.25) is 0 Å². The van der Waals surface area contributed by atoms with E-state index in [9.17, 15) is 18.0 Å². The van der Waals surface area contributed by atoms with Crippen molar-refractivity contribution in [3.63, 3.8) is 0 Å². The van der Waals surface area contributed by atoms with Crippen molar-refractivity contribution in [3.05, 3.63) is 35.4 Å². The molecule has 1 heterocycles. The average Bonchev–Trinajstić information content (AvgIpc) is 2.62. The molecule has 8 heteroatoms. The molecule has 2 N–H and O–H groups in total. The van der Waals surface area contributed by atoms with Crippen LogP contribution in [-0.4, -0.2) is 50.6 Å². The Kier molecular flexibility index (Phi) is 4.17. The van der Waals surface area contributed by atoms with Gasteiger partial charge in [0.05, 0.1) is 36.6 Å². The van der Waals surface area contributed by atoms with Gasteiger partial charge in [-0.1, -0.05) is 12.1 Å². The van der Waals surface area contributed by atoms with Crippen LogP contribution in [-0.2, 0) is 14.8 Å². The first-order chi connectivity index (χ1) is 9.40. The monoisotopic (exact) mass is 298 g/mol. The molecule has 2 amide bonds. The van der Waals surface area contributed by atoms with E-state index in [4.69, 9.17) is 9.88 Å². The first-order valence-electron chi connectivity index (χ1n) is 5.93. The van der Waals surface area contributed by atoms with E-state index in [2.05, 4.69) is 0 Å². The van der Waals surface area contributed by atoms with Gasteiger partial charge in [0, 0.05) is 0 Å². The Morgan fingerprint density at radius 3 is 2.10 bits per heavy atom. The minimum Gasteiger partial charge on any atom is -0.378 e. The Bertz CT molecular complexity index is 606. The molecule has 20 heavy (non-hydrogen) atoms. The lowest BCUT2D eigenvalue weighted by Crippen LogP contribution is -2.33. The number of imide groups is 1. The SMILES string of the molecule is NS(=O)(=O)CCOCCN1C(=O)c2ccccc2C1=O. The third-order valence-corrected chi connectivity index (χ3v) is 3.59. The lowest BCUT2D eigenvalue weighted by atomic mass is 10.1. The summed E-state index contributed by atoms with van der Waals surface area (Å²) in [4.78, 5) is 25.0. The quantitative estimate of drug-likeness (QED) is 0.567. The predicted octanol–water partition coefficient (Wildman–Crippen LogP) is -0.412. The first kappa shape index (κ1) is 14.6. The van der Waals surface area contributed by atoms with E-state index in [1.165, 1.54) is 0 Å². The molecule has 0 saturated heterocycles. The van der Waals surface area contributed by atoms with Crippen molar-refractivity contribution >= 4 is 21.8 Å². The number of carbonyl (C=O) groups excluding carboxylic acids is 2. The van der Waals surface area contributed by atoms with E-state index in [0.29, 0.717) is 11.1 Å². The molecule has 0 unspecified atom stereocenters. The molecule has 0 atom stereocenters. The number of nitrogens with zero attached hydrogens (tertiary/aromatic N) is 1. The Hall–Kier alpha value is -1.77. The van der Waals surface area contributed by atoms with Crippen LogP contribution < -0.4 is 5.14 Å². The second-order valence-corrected chi connectivity index (χ2v) is 6.02. The lowest BCUT2D eigenvalue weighted by Gasteiger charge is -2.13. The fourth-order valence-corrected chi connectivity index (χ4v) is 2.23. The van der Waals surface area contributed by atoms with Gasteiger partial charge in [0.1, 0.15) is 0 Å². The number of hydrogen-bond acceptors (Lipinski definition) is 5. The molecule has 0 saturated carbocycles. The molecule has 0 bridgehead atoms. The fraction of sp³-hybridized carbons (Fsp3) is 0.333. The summed E-state index contributed by atoms with van der Waals surface area (Å²) in [5.41, 5.74) is 0.754. The van der Waals surface area contributed by atoms with E-state index < -0.39 is 10.0 Å². The van der Waals surface area contributed by atoms with Crippen molar-refractivity contribution in [2.24, 2.45) is 5.14 Å². The van der Waals surface area contributed by atoms with E-state index >= 15 is 0 Å². The smallest absolute Gasteiger partial charge is 0.261 e. The summed E-state index contributed by atoms with van der Waals surface area (Å²) in [5.74, 6) is -1.02. The molecule has 2 rings (SSSR count). The molecule has 7 nitrogen and oxygen atoms in total. The van der Waals surface area contributed by atoms with Crippen LogP contribution >= 0.6 is 0 Å². The van der Waals surface area contributed by atoms with E-state index in [0.717, 1.165) is 4.90 Å². The van der Waals surface area contributed by atoms with Gasteiger partial charge in [0.15, 0.2) is 0 Å². The van der Waals surface area contributed by atoms with Crippen molar-refractivity contribution in [2.45, 2.75) is 0 Å². The minimum atomic E-state index is -3.56. The summed E-state index contributed by atoms with van der Waals surface area (Å²) in [6.45, 7) is 0.0833. The van der Waals surface area contributed by atoms with Gasteiger partial charge in [0.25, 0.3) is 11.8 Å². The molecule has 108 valence electrons. The highest BCUT2D eigenvalue weighted by molar-refractivity contribution is 7.89. The summed E-state index contributed by atoms with van der Waals surface area (Å²) in [7, 11) is -3.56. The van der Waals surface area contributed by atoms with E-state index in [1.54, 1.807) is 24.3 Å². The van der Waals surface area contributed by atoms with Crippen LogP contribution in [0.15, 0.2) is 24.3 Å². The number of rotatable bonds is 6. The highest BCUT2D eigenvalue weighted by Gasteiger charge is 2.34. The van der Waals surface area contributed by atoms with Crippen LogP contribution in [0.25, 0.3) is 0 Å². The molecular formula is C12H14N2O5S. The summed E-state index contributed by atoms with van der Waals surface area (Å²) < 4.78 is 26.4. The van der Waals surface area contributed by atoms with E-state index in [-0.39, 0.29) is 37.3 Å². The van der Waals surface area contributed by atoms with Gasteiger partial charge in [-0.05, 0) is 12.1 Å². The molecule has 0 aromatic heterocycles. The maximum atomic E-state index is 12.0. The van der Waals surface area contributed by atoms with Crippen LogP contribution in [0.4, 0.5) is 0 Å². The lowest BCUT2D eigenvalue weighted by molar-refractivity contribution is 0.0575. The van der Waals surface area contributed by atoms with Crippen molar-refractivity contribution in [2.75, 3.05) is 25.5 Å². The number of hydrogen-bond donors (Lipinski definition) is 1. The normalized spacial score (nSPS) is 14.8. The fourth-order valence-electron chi connectivity index (χ4n) is 1.88. The van der Waals surface area contributed by atoms with E-state index in [1.807, 2.05) is 0 Å². The Balaban J connectivity index is 1.87. The van der Waals surface area contributed by atoms with Crippen LogP contribution in [0, 0.1) is 0 Å². The molecule has 1 aliphatic rings. The molecule has 0 aliphatic carbocycles. The van der Waals surface area contributed by atoms with Crippen LogP contribution in [0.1, 0.15) is 20.7 Å². The maximum Gasteiger partial charge on any atom is 0.261 e. The van der Waals surface area contributed by atoms with Crippen molar-refractivity contribution in [1.29, 1.82) is 0 Å². The summed E-state index contributed by atoms with van der Waals surface area (Å²) >= 11 is 0. The zero-order valence-corrected chi connectivity index (χ0v) is 11.4. The number of benzene rings is 1. The van der Waals surface area contributed by atoms with Gasteiger partial charge in [-0.15, -0.1) is 0 Å². The third kappa shape index (κ3) is 3.21. The molecule has 0 radical (unpaired) electrons. The number of sulfonamides is 1. The molecule has 1 aliphatic heterocycles. The average molecular weight is 298 g/mol. The Morgan fingerprint density at radius 2 is 1.60 bits per heavy atom. The van der Waals surface area contributed by atoms with Gasteiger partial charge < -0.3 is 4.74 Å².